The van der Waals surface area contributed by atoms with Crippen LogP contribution >= 0.6 is 0 Å². The maximum atomic E-state index is 13.2. The van der Waals surface area contributed by atoms with Crippen LogP contribution in [0, 0.1) is 5.82 Å². The number of ether oxygens (including phenoxy) is 2. The quantitative estimate of drug-likeness (QED) is 0.341. The molecule has 0 aliphatic rings. The molecular weight excluding hydrogens is 417 g/mol. The molecule has 0 heterocycles. The molecule has 0 aliphatic carbocycles. The molecule has 168 valence electrons. The summed E-state index contributed by atoms with van der Waals surface area (Å²) in [6.45, 7) is 4.55. The fourth-order valence-corrected chi connectivity index (χ4v) is 3.72. The number of benzene rings is 4. The van der Waals surface area contributed by atoms with Crippen molar-refractivity contribution in [3.05, 3.63) is 107 Å². The molecule has 1 unspecified atom stereocenters. The van der Waals surface area contributed by atoms with Gasteiger partial charge in [-0.3, -0.25) is 4.79 Å². The molecule has 4 aromatic rings. The average molecular weight is 444 g/mol. The first kappa shape index (κ1) is 22.3. The predicted octanol–water partition coefficient (Wildman–Crippen LogP) is 6.45. The first-order chi connectivity index (χ1) is 16.0. The number of hydrogen-bond donors (Lipinski definition) is 1. The van der Waals surface area contributed by atoms with Gasteiger partial charge in [-0.05, 0) is 61.2 Å². The van der Waals surface area contributed by atoms with Gasteiger partial charge in [0, 0.05) is 16.5 Å². The SMILES string of the molecule is CCOc1ccc(C(=O)NC(C)c2ccc(F)cc2)cc1COc1cccc2ccccc12. The van der Waals surface area contributed by atoms with Gasteiger partial charge in [-0.1, -0.05) is 48.5 Å². The van der Waals surface area contributed by atoms with Crippen LogP contribution in [0.4, 0.5) is 4.39 Å². The van der Waals surface area contributed by atoms with Crippen molar-refractivity contribution >= 4 is 16.7 Å². The lowest BCUT2D eigenvalue weighted by Crippen LogP contribution is -2.26. The van der Waals surface area contributed by atoms with Gasteiger partial charge < -0.3 is 14.8 Å². The van der Waals surface area contributed by atoms with Crippen molar-refractivity contribution < 1.29 is 18.7 Å². The minimum absolute atomic E-state index is 0.221. The Morgan fingerprint density at radius 3 is 2.45 bits per heavy atom. The van der Waals surface area contributed by atoms with Crippen LogP contribution in [0.2, 0.25) is 0 Å². The van der Waals surface area contributed by atoms with Gasteiger partial charge in [0.25, 0.3) is 5.91 Å². The highest BCUT2D eigenvalue weighted by Crippen LogP contribution is 2.28. The van der Waals surface area contributed by atoms with Crippen LogP contribution in [0.5, 0.6) is 11.5 Å². The molecule has 1 amide bonds. The van der Waals surface area contributed by atoms with E-state index in [1.54, 1.807) is 30.3 Å². The normalized spacial score (nSPS) is 11.7. The molecule has 0 saturated heterocycles. The lowest BCUT2D eigenvalue weighted by molar-refractivity contribution is 0.0939. The molecule has 33 heavy (non-hydrogen) atoms. The lowest BCUT2D eigenvalue weighted by Gasteiger charge is -2.17. The van der Waals surface area contributed by atoms with Crippen LogP contribution in [0.3, 0.4) is 0 Å². The van der Waals surface area contributed by atoms with Gasteiger partial charge in [-0.2, -0.15) is 0 Å². The maximum absolute atomic E-state index is 13.2. The van der Waals surface area contributed by atoms with E-state index in [0.717, 1.165) is 27.6 Å². The van der Waals surface area contributed by atoms with Gasteiger partial charge in [0.2, 0.25) is 0 Å². The summed E-state index contributed by atoms with van der Waals surface area (Å²) in [5, 5.41) is 5.09. The van der Waals surface area contributed by atoms with Crippen LogP contribution < -0.4 is 14.8 Å². The molecule has 0 spiro atoms. The highest BCUT2D eigenvalue weighted by Gasteiger charge is 2.15. The molecule has 4 rings (SSSR count). The Labute approximate surface area is 193 Å². The Bertz CT molecular complexity index is 1250. The lowest BCUT2D eigenvalue weighted by atomic mass is 10.1. The van der Waals surface area contributed by atoms with Crippen LogP contribution in [0.25, 0.3) is 10.8 Å². The Morgan fingerprint density at radius 2 is 1.67 bits per heavy atom. The zero-order chi connectivity index (χ0) is 23.2. The van der Waals surface area contributed by atoms with Gasteiger partial charge >= 0.3 is 0 Å². The molecule has 0 aliphatic heterocycles. The molecule has 5 heteroatoms. The number of amides is 1. The van der Waals surface area contributed by atoms with Crippen molar-refractivity contribution in [3.8, 4) is 11.5 Å². The highest BCUT2D eigenvalue weighted by atomic mass is 19.1. The molecule has 0 aromatic heterocycles. The minimum Gasteiger partial charge on any atom is -0.493 e. The van der Waals surface area contributed by atoms with E-state index in [-0.39, 0.29) is 24.4 Å². The summed E-state index contributed by atoms with van der Waals surface area (Å²) >= 11 is 0. The summed E-state index contributed by atoms with van der Waals surface area (Å²) in [7, 11) is 0. The van der Waals surface area contributed by atoms with Crippen LogP contribution in [0.1, 0.15) is 41.4 Å². The summed E-state index contributed by atoms with van der Waals surface area (Å²) in [5.41, 5.74) is 2.12. The van der Waals surface area contributed by atoms with Crippen LogP contribution in [-0.4, -0.2) is 12.5 Å². The predicted molar refractivity (Wildman–Crippen MR) is 128 cm³/mol. The van der Waals surface area contributed by atoms with Crippen LogP contribution in [-0.2, 0) is 6.61 Å². The van der Waals surface area contributed by atoms with Crippen molar-refractivity contribution in [3.63, 3.8) is 0 Å². The van der Waals surface area contributed by atoms with E-state index in [0.29, 0.717) is 17.9 Å². The van der Waals surface area contributed by atoms with E-state index in [2.05, 4.69) is 5.32 Å². The Kier molecular flexibility index (Phi) is 6.89. The zero-order valence-electron chi connectivity index (χ0n) is 18.7. The molecule has 1 atom stereocenters. The molecule has 1 N–H and O–H groups in total. The number of halogens is 1. The third-order valence-corrected chi connectivity index (χ3v) is 5.47. The smallest absolute Gasteiger partial charge is 0.251 e. The standard InChI is InChI=1S/C28H26FNO3/c1-3-32-26-16-13-22(28(31)30-19(2)20-11-14-24(29)15-12-20)17-23(26)18-33-27-10-6-8-21-7-4-5-9-25(21)27/h4-17,19H,3,18H2,1-2H3,(H,30,31). The zero-order valence-corrected chi connectivity index (χ0v) is 18.7. The average Bonchev–Trinajstić information content (AvgIpc) is 2.84. The number of rotatable bonds is 8. The molecule has 0 fully saturated rings. The molecule has 0 saturated carbocycles. The second-order valence-electron chi connectivity index (χ2n) is 7.77. The molecule has 0 radical (unpaired) electrons. The van der Waals surface area contributed by atoms with E-state index in [1.165, 1.54) is 12.1 Å². The van der Waals surface area contributed by atoms with Crippen molar-refractivity contribution in [2.75, 3.05) is 6.61 Å². The number of nitrogens with one attached hydrogen (secondary N) is 1. The first-order valence-electron chi connectivity index (χ1n) is 11.0. The number of carbonyl (C=O) groups excluding carboxylic acids is 1. The summed E-state index contributed by atoms with van der Waals surface area (Å²) in [6.07, 6.45) is 0. The van der Waals surface area contributed by atoms with Gasteiger partial charge in [0.1, 0.15) is 23.9 Å². The number of hydrogen-bond acceptors (Lipinski definition) is 3. The Balaban J connectivity index is 1.53. The molecule has 4 aromatic carbocycles. The summed E-state index contributed by atoms with van der Waals surface area (Å²) < 4.78 is 25.1. The second-order valence-corrected chi connectivity index (χ2v) is 7.77. The number of carbonyl (C=O) groups is 1. The van der Waals surface area contributed by atoms with E-state index >= 15 is 0 Å². The van der Waals surface area contributed by atoms with Crippen molar-refractivity contribution in [2.24, 2.45) is 0 Å². The van der Waals surface area contributed by atoms with E-state index in [4.69, 9.17) is 9.47 Å². The van der Waals surface area contributed by atoms with Crippen LogP contribution in [0.15, 0.2) is 84.9 Å². The number of fused-ring (bicyclic) bond motifs is 1. The molecular formula is C28H26FNO3. The fourth-order valence-electron chi connectivity index (χ4n) is 3.72. The van der Waals surface area contributed by atoms with Gasteiger partial charge in [0.15, 0.2) is 0 Å². The summed E-state index contributed by atoms with van der Waals surface area (Å²) in [5.74, 6) is 0.928. The van der Waals surface area contributed by atoms with Gasteiger partial charge in [0.05, 0.1) is 12.6 Å². The summed E-state index contributed by atoms with van der Waals surface area (Å²) in [6, 6.07) is 25.1. The van der Waals surface area contributed by atoms with E-state index < -0.39 is 0 Å². The minimum atomic E-state index is -0.306. The highest BCUT2D eigenvalue weighted by molar-refractivity contribution is 5.95. The van der Waals surface area contributed by atoms with Crippen molar-refractivity contribution in [1.82, 2.24) is 5.32 Å². The molecule has 4 nitrogen and oxygen atoms in total. The third kappa shape index (κ3) is 5.32. The Morgan fingerprint density at radius 1 is 0.909 bits per heavy atom. The largest absolute Gasteiger partial charge is 0.493 e. The van der Waals surface area contributed by atoms with Crippen molar-refractivity contribution in [1.29, 1.82) is 0 Å². The third-order valence-electron chi connectivity index (χ3n) is 5.47. The molecule has 0 bridgehead atoms. The maximum Gasteiger partial charge on any atom is 0.251 e. The monoisotopic (exact) mass is 443 g/mol. The first-order valence-corrected chi connectivity index (χ1v) is 11.0. The van der Waals surface area contributed by atoms with Crippen molar-refractivity contribution in [2.45, 2.75) is 26.5 Å². The fraction of sp³-hybridized carbons (Fsp3) is 0.179. The topological polar surface area (TPSA) is 47.6 Å². The van der Waals surface area contributed by atoms with E-state index in [1.807, 2.05) is 56.3 Å². The van der Waals surface area contributed by atoms with Gasteiger partial charge in [-0.25, -0.2) is 4.39 Å². The van der Waals surface area contributed by atoms with Gasteiger partial charge in [-0.15, -0.1) is 0 Å². The van der Waals surface area contributed by atoms with E-state index in [9.17, 15) is 9.18 Å². The Hall–Kier alpha value is -3.86. The summed E-state index contributed by atoms with van der Waals surface area (Å²) in [4.78, 5) is 12.9. The second kappa shape index (κ2) is 10.2.